The molecule has 0 amide bonds. The Morgan fingerprint density at radius 2 is 2.12 bits per heavy atom. The van der Waals surface area contributed by atoms with Crippen LogP contribution in [0.4, 0.5) is 0 Å². The van der Waals surface area contributed by atoms with Gasteiger partial charge in [0.25, 0.3) is 0 Å². The summed E-state index contributed by atoms with van der Waals surface area (Å²) in [5, 5.41) is 1.37. The van der Waals surface area contributed by atoms with Gasteiger partial charge in [-0.25, -0.2) is 0 Å². The van der Waals surface area contributed by atoms with Gasteiger partial charge in [0.15, 0.2) is 0 Å². The summed E-state index contributed by atoms with van der Waals surface area (Å²) in [6, 6.07) is 10.8. The zero-order valence-electron chi connectivity index (χ0n) is 15.7. The molecule has 3 atom stereocenters. The van der Waals surface area contributed by atoms with Crippen molar-refractivity contribution in [3.05, 3.63) is 58.6 Å². The van der Waals surface area contributed by atoms with Crippen molar-refractivity contribution in [1.29, 1.82) is 0 Å². The molecule has 2 heterocycles. The predicted molar refractivity (Wildman–Crippen MR) is 105 cm³/mol. The first-order chi connectivity index (χ1) is 12.1. The topological polar surface area (TPSA) is 21.7 Å². The molecule has 1 aromatic carbocycles. The lowest BCUT2D eigenvalue weighted by Gasteiger charge is -2.43. The first-order valence-corrected chi connectivity index (χ1v) is 10.0. The average Bonchev–Trinajstić information content (AvgIpc) is 2.92. The van der Waals surface area contributed by atoms with Crippen molar-refractivity contribution in [2.45, 2.75) is 51.5 Å². The number of allylic oxidation sites excluding steroid dienone is 2. The molecule has 136 valence electrons. The fraction of sp³-hybridized carbons (Fsp3) is 0.524. The van der Waals surface area contributed by atoms with Crippen LogP contribution in [0.15, 0.2) is 53.1 Å². The van der Waals surface area contributed by atoms with Gasteiger partial charge in [-0.05, 0) is 44.7 Å². The number of rotatable bonds is 6. The molecule has 0 bridgehead atoms. The highest BCUT2D eigenvalue weighted by Crippen LogP contribution is 2.51. The molecule has 2 aliphatic rings. The van der Waals surface area contributed by atoms with Crippen LogP contribution in [0.25, 0.3) is 0 Å². The number of methoxy groups -OCH3 is 1. The first-order valence-electron chi connectivity index (χ1n) is 9.05. The number of thioether (sulfide) groups is 1. The summed E-state index contributed by atoms with van der Waals surface area (Å²) in [6.45, 7) is 7.24. The molecule has 0 aromatic heterocycles. The van der Waals surface area contributed by atoms with Crippen LogP contribution < -0.4 is 0 Å². The molecular formula is C21H29NO2S. The van der Waals surface area contributed by atoms with Crippen LogP contribution in [0.1, 0.15) is 45.3 Å². The number of nitrogens with zero attached hydrogens (tertiary/aromatic N) is 1. The Kier molecular flexibility index (Phi) is 5.92. The molecule has 25 heavy (non-hydrogen) atoms. The standard InChI is InChI=1S/C21H29NO2S/c1-5-6-14-25-20-16(2)12-13-21(3)22(20)18(15-23-4)19(24-21)17-10-8-7-9-11-17/h5-11,18-19H,12-15H2,1-4H3/b6-5+/t18-,19-,21+/m0/s1. The van der Waals surface area contributed by atoms with Crippen LogP contribution in [0.2, 0.25) is 0 Å². The van der Waals surface area contributed by atoms with Crippen molar-refractivity contribution in [3.63, 3.8) is 0 Å². The Balaban J connectivity index is 1.96. The van der Waals surface area contributed by atoms with Crippen molar-refractivity contribution < 1.29 is 9.47 Å². The molecule has 0 radical (unpaired) electrons. The van der Waals surface area contributed by atoms with Gasteiger partial charge in [-0.3, -0.25) is 0 Å². The van der Waals surface area contributed by atoms with Gasteiger partial charge < -0.3 is 14.4 Å². The number of fused-ring (bicyclic) bond motifs is 1. The van der Waals surface area contributed by atoms with Crippen LogP contribution in [-0.2, 0) is 9.47 Å². The van der Waals surface area contributed by atoms with E-state index < -0.39 is 0 Å². The van der Waals surface area contributed by atoms with Crippen LogP contribution in [-0.4, -0.2) is 36.1 Å². The molecule has 0 aliphatic carbocycles. The summed E-state index contributed by atoms with van der Waals surface area (Å²) >= 11 is 1.92. The summed E-state index contributed by atoms with van der Waals surface area (Å²) in [6.07, 6.45) is 6.48. The maximum atomic E-state index is 6.67. The highest BCUT2D eigenvalue weighted by atomic mass is 32.2. The lowest BCUT2D eigenvalue weighted by atomic mass is 9.97. The third-order valence-corrected chi connectivity index (χ3v) is 6.31. The molecule has 3 nitrogen and oxygen atoms in total. The van der Waals surface area contributed by atoms with Crippen LogP contribution in [0.3, 0.4) is 0 Å². The van der Waals surface area contributed by atoms with Crippen molar-refractivity contribution in [2.75, 3.05) is 19.5 Å². The quantitative estimate of drug-likeness (QED) is 0.657. The van der Waals surface area contributed by atoms with E-state index in [1.54, 1.807) is 7.11 Å². The molecule has 0 N–H and O–H groups in total. The molecular weight excluding hydrogens is 330 g/mol. The third-order valence-electron chi connectivity index (χ3n) is 5.14. The van der Waals surface area contributed by atoms with Gasteiger partial charge in [0.2, 0.25) is 0 Å². The second-order valence-electron chi connectivity index (χ2n) is 6.98. The Morgan fingerprint density at radius 3 is 2.80 bits per heavy atom. The van der Waals surface area contributed by atoms with Crippen molar-refractivity contribution >= 4 is 11.8 Å². The second kappa shape index (κ2) is 7.98. The van der Waals surface area contributed by atoms with E-state index in [4.69, 9.17) is 9.47 Å². The Morgan fingerprint density at radius 1 is 1.36 bits per heavy atom. The van der Waals surface area contributed by atoms with Crippen molar-refractivity contribution in [1.82, 2.24) is 4.90 Å². The van der Waals surface area contributed by atoms with E-state index in [1.165, 1.54) is 16.2 Å². The number of hydrogen-bond donors (Lipinski definition) is 0. The lowest BCUT2D eigenvalue weighted by Crippen LogP contribution is -2.48. The predicted octanol–water partition coefficient (Wildman–Crippen LogP) is 5.13. The zero-order chi connectivity index (χ0) is 17.9. The molecule has 1 aromatic rings. The fourth-order valence-electron chi connectivity index (χ4n) is 3.85. The van der Waals surface area contributed by atoms with Gasteiger partial charge in [-0.1, -0.05) is 42.5 Å². The average molecular weight is 360 g/mol. The maximum absolute atomic E-state index is 6.67. The van der Waals surface area contributed by atoms with E-state index in [0.717, 1.165) is 18.6 Å². The highest BCUT2D eigenvalue weighted by molar-refractivity contribution is 8.03. The molecule has 2 aliphatic heterocycles. The second-order valence-corrected chi connectivity index (χ2v) is 7.99. The smallest absolute Gasteiger partial charge is 0.140 e. The first kappa shape index (κ1) is 18.6. The summed E-state index contributed by atoms with van der Waals surface area (Å²) in [4.78, 5) is 2.50. The molecule has 1 saturated heterocycles. The normalized spacial score (nSPS) is 29.5. The zero-order valence-corrected chi connectivity index (χ0v) is 16.5. The van der Waals surface area contributed by atoms with E-state index in [1.807, 2.05) is 11.8 Å². The Labute approximate surface area is 156 Å². The Hall–Kier alpha value is -1.23. The van der Waals surface area contributed by atoms with Gasteiger partial charge in [0, 0.05) is 12.9 Å². The van der Waals surface area contributed by atoms with E-state index in [2.05, 4.69) is 68.2 Å². The van der Waals surface area contributed by atoms with Crippen LogP contribution in [0, 0.1) is 0 Å². The van der Waals surface area contributed by atoms with Gasteiger partial charge in [-0.2, -0.15) is 0 Å². The van der Waals surface area contributed by atoms with E-state index in [-0.39, 0.29) is 17.9 Å². The van der Waals surface area contributed by atoms with E-state index >= 15 is 0 Å². The van der Waals surface area contributed by atoms with Crippen LogP contribution >= 0.6 is 11.8 Å². The summed E-state index contributed by atoms with van der Waals surface area (Å²) < 4.78 is 12.3. The minimum atomic E-state index is -0.262. The van der Waals surface area contributed by atoms with Gasteiger partial charge in [0.1, 0.15) is 11.8 Å². The minimum absolute atomic E-state index is 0.0365. The maximum Gasteiger partial charge on any atom is 0.140 e. The third kappa shape index (κ3) is 3.67. The molecule has 1 fully saturated rings. The van der Waals surface area contributed by atoms with Gasteiger partial charge >= 0.3 is 0 Å². The largest absolute Gasteiger partial charge is 0.382 e. The highest BCUT2D eigenvalue weighted by Gasteiger charge is 2.52. The molecule has 3 rings (SSSR count). The summed E-state index contributed by atoms with van der Waals surface area (Å²) in [5.74, 6) is 0.992. The van der Waals surface area contributed by atoms with E-state index in [9.17, 15) is 0 Å². The van der Waals surface area contributed by atoms with Crippen molar-refractivity contribution in [3.8, 4) is 0 Å². The monoisotopic (exact) mass is 359 g/mol. The van der Waals surface area contributed by atoms with E-state index in [0.29, 0.717) is 6.61 Å². The fourth-order valence-corrected chi connectivity index (χ4v) is 5.12. The van der Waals surface area contributed by atoms with Crippen LogP contribution in [0.5, 0.6) is 0 Å². The summed E-state index contributed by atoms with van der Waals surface area (Å²) in [5.41, 5.74) is 2.43. The summed E-state index contributed by atoms with van der Waals surface area (Å²) in [7, 11) is 1.78. The van der Waals surface area contributed by atoms with Crippen molar-refractivity contribution in [2.24, 2.45) is 0 Å². The SMILES string of the molecule is C/C=C/CSC1=C(C)CC[C@@]2(C)O[C@@H](c3ccccc3)[C@H](COC)N12. The molecule has 0 spiro atoms. The molecule has 0 unspecified atom stereocenters. The number of ether oxygens (including phenoxy) is 2. The number of hydrogen-bond acceptors (Lipinski definition) is 4. The lowest BCUT2D eigenvalue weighted by molar-refractivity contribution is -0.0880. The molecule has 4 heteroatoms. The molecule has 0 saturated carbocycles. The van der Waals surface area contributed by atoms with Gasteiger partial charge in [0.05, 0.1) is 17.7 Å². The van der Waals surface area contributed by atoms with Gasteiger partial charge in [-0.15, -0.1) is 11.8 Å². The Bertz CT molecular complexity index is 643. The number of benzene rings is 1. The minimum Gasteiger partial charge on any atom is -0.382 e.